The lowest BCUT2D eigenvalue weighted by Gasteiger charge is -2.46. The molecule has 2 N–H and O–H groups in total. The predicted octanol–water partition coefficient (Wildman–Crippen LogP) is 6.74. The van der Waals surface area contributed by atoms with E-state index in [1.165, 1.54) is 10.6 Å². The first-order valence-electron chi connectivity index (χ1n) is 15.0. The lowest BCUT2D eigenvalue weighted by molar-refractivity contribution is -0.127. The molecule has 0 radical (unpaired) electrons. The van der Waals surface area contributed by atoms with E-state index in [1.54, 1.807) is 29.1 Å². The number of nitrogens with zero attached hydrogens (tertiary/aromatic N) is 6. The van der Waals surface area contributed by atoms with Crippen molar-refractivity contribution in [1.82, 2.24) is 19.4 Å². The first kappa shape index (κ1) is 33.0. The third-order valence-corrected chi connectivity index (χ3v) is 9.89. The highest BCUT2D eigenvalue weighted by molar-refractivity contribution is 6.41. The maximum atomic E-state index is 17.3. The van der Waals surface area contributed by atoms with Crippen LogP contribution in [-0.4, -0.2) is 64.1 Å². The molecule has 1 saturated heterocycles. The van der Waals surface area contributed by atoms with E-state index in [0.29, 0.717) is 23.5 Å². The van der Waals surface area contributed by atoms with Gasteiger partial charge in [0.2, 0.25) is 5.91 Å². The Morgan fingerprint density at radius 3 is 2.47 bits per heavy atom. The van der Waals surface area contributed by atoms with E-state index in [2.05, 4.69) is 16.5 Å². The summed E-state index contributed by atoms with van der Waals surface area (Å²) in [6.45, 7) is 12.0. The monoisotopic (exact) mass is 701 g/mol. The first-order chi connectivity index (χ1) is 22.2. The molecule has 0 saturated carbocycles. The quantitative estimate of drug-likeness (QED) is 0.143. The summed E-state index contributed by atoms with van der Waals surface area (Å²) in [6, 6.07) is 2.13. The number of hydrogen-bond acceptors (Lipinski definition) is 7. The zero-order valence-corrected chi connectivity index (χ0v) is 28.6. The maximum absolute atomic E-state index is 17.3. The number of anilines is 3. The fourth-order valence-electron chi connectivity index (χ4n) is 6.92. The van der Waals surface area contributed by atoms with Gasteiger partial charge in [0.05, 0.1) is 54.8 Å². The SMILES string of the molecule is C=CC(=O)N1CC(C)N2c3nc(=O)n(-c4c(C)ccnc4C(C)C)c4c(Cl)c(-c5c(N)c(Cl)cc(Cl)c5F)c(F)c(c34)N(C)CC2C1. The Labute approximate surface area is 285 Å². The second kappa shape index (κ2) is 11.9. The van der Waals surface area contributed by atoms with Gasteiger partial charge in [-0.25, -0.2) is 13.6 Å². The molecule has 2 aromatic heterocycles. The molecule has 2 aliphatic rings. The number of amides is 1. The minimum Gasteiger partial charge on any atom is -0.397 e. The second-order valence-electron chi connectivity index (χ2n) is 12.3. The standard InChI is InChI=1S/C33H32Cl3F2N7O2/c1-7-20(46)43-11-16(5)44-17(13-43)12-42(6)31-23-30(24(36)21(26(31)38)22-25(37)18(34)10-19(35)27(22)39)45(33(47)41-32(23)44)29-15(4)8-9-40-28(29)14(2)3/h7-10,14,16-17H,1,11-13,39H2,2-6H3. The number of piperazine rings is 1. The van der Waals surface area contributed by atoms with Crippen molar-refractivity contribution in [2.75, 3.05) is 42.2 Å². The summed E-state index contributed by atoms with van der Waals surface area (Å²) in [5, 5.41) is -0.535. The van der Waals surface area contributed by atoms with Crippen molar-refractivity contribution in [3.8, 4) is 16.8 Å². The van der Waals surface area contributed by atoms with Gasteiger partial charge >= 0.3 is 5.69 Å². The molecule has 2 aromatic carbocycles. The Hall–Kier alpha value is -3.93. The molecule has 9 nitrogen and oxygen atoms in total. The number of nitrogens with two attached hydrogens (primary N) is 1. The van der Waals surface area contributed by atoms with Gasteiger partial charge in [-0.3, -0.25) is 14.3 Å². The van der Waals surface area contributed by atoms with E-state index in [9.17, 15) is 9.59 Å². The largest absolute Gasteiger partial charge is 0.397 e. The zero-order valence-electron chi connectivity index (χ0n) is 26.3. The van der Waals surface area contributed by atoms with E-state index in [0.717, 1.165) is 6.07 Å². The van der Waals surface area contributed by atoms with Crippen LogP contribution in [0.15, 0.2) is 35.8 Å². The number of carbonyl (C=O) groups excluding carboxylic acids is 1. The molecule has 4 heterocycles. The van der Waals surface area contributed by atoms with Crippen LogP contribution in [-0.2, 0) is 4.79 Å². The number of halogens is 5. The molecule has 14 heteroatoms. The molecule has 2 atom stereocenters. The smallest absolute Gasteiger partial charge is 0.354 e. The third-order valence-electron chi connectivity index (χ3n) is 8.93. The molecular weight excluding hydrogens is 671 g/mol. The molecule has 2 aliphatic heterocycles. The van der Waals surface area contributed by atoms with Gasteiger partial charge in [0, 0.05) is 50.0 Å². The van der Waals surface area contributed by atoms with Crippen molar-refractivity contribution < 1.29 is 13.6 Å². The van der Waals surface area contributed by atoms with Crippen LogP contribution in [0.2, 0.25) is 15.1 Å². The minimum atomic E-state index is -1.02. The fourth-order valence-corrected chi connectivity index (χ4v) is 7.74. The van der Waals surface area contributed by atoms with E-state index >= 15 is 8.78 Å². The first-order valence-corrected chi connectivity index (χ1v) is 16.1. The molecule has 2 unspecified atom stereocenters. The number of benzene rings is 2. The molecule has 0 aliphatic carbocycles. The van der Waals surface area contributed by atoms with Crippen molar-refractivity contribution >= 4 is 68.8 Å². The van der Waals surface area contributed by atoms with Crippen LogP contribution in [0.4, 0.5) is 26.0 Å². The van der Waals surface area contributed by atoms with Gasteiger partial charge in [-0.2, -0.15) is 4.98 Å². The van der Waals surface area contributed by atoms with Gasteiger partial charge in [0.25, 0.3) is 0 Å². The summed E-state index contributed by atoms with van der Waals surface area (Å²) >= 11 is 19.7. The number of carbonyl (C=O) groups is 1. The molecule has 246 valence electrons. The number of nitrogen functional groups attached to an aromatic ring is 1. The molecule has 0 bridgehead atoms. The Morgan fingerprint density at radius 2 is 1.81 bits per heavy atom. The number of rotatable bonds is 4. The molecule has 47 heavy (non-hydrogen) atoms. The lowest BCUT2D eigenvalue weighted by atomic mass is 9.97. The molecule has 0 spiro atoms. The number of aromatic nitrogens is 3. The maximum Gasteiger partial charge on any atom is 0.354 e. The van der Waals surface area contributed by atoms with Crippen molar-refractivity contribution in [2.24, 2.45) is 0 Å². The topological polar surface area (TPSA) is 101 Å². The van der Waals surface area contributed by atoms with Gasteiger partial charge in [-0.05, 0) is 43.5 Å². The van der Waals surface area contributed by atoms with E-state index in [1.807, 2.05) is 32.6 Å². The predicted molar refractivity (Wildman–Crippen MR) is 185 cm³/mol. The molecule has 1 fully saturated rings. The van der Waals surface area contributed by atoms with Gasteiger partial charge in [-0.1, -0.05) is 55.2 Å². The number of likely N-dealkylation sites (N-methyl/N-ethyl adjacent to an activating group) is 1. The van der Waals surface area contributed by atoms with Crippen LogP contribution in [0.3, 0.4) is 0 Å². The summed E-state index contributed by atoms with van der Waals surface area (Å²) in [6.07, 6.45) is 2.89. The highest BCUT2D eigenvalue weighted by atomic mass is 35.5. The normalized spacial score (nSPS) is 17.7. The molecule has 6 rings (SSSR count). The zero-order chi connectivity index (χ0) is 34.2. The average molecular weight is 703 g/mol. The second-order valence-corrected chi connectivity index (χ2v) is 13.5. The van der Waals surface area contributed by atoms with Crippen LogP contribution in [0.1, 0.15) is 37.9 Å². The minimum absolute atomic E-state index is 0.0152. The van der Waals surface area contributed by atoms with E-state index in [4.69, 9.17) is 40.5 Å². The van der Waals surface area contributed by atoms with Crippen LogP contribution >= 0.6 is 34.8 Å². The molecule has 4 aromatic rings. The van der Waals surface area contributed by atoms with E-state index < -0.39 is 34.5 Å². The summed E-state index contributed by atoms with van der Waals surface area (Å²) in [4.78, 5) is 41.6. The van der Waals surface area contributed by atoms with Crippen molar-refractivity contribution in [3.63, 3.8) is 0 Å². The molecule has 1 amide bonds. The lowest BCUT2D eigenvalue weighted by Crippen LogP contribution is -2.61. The number of pyridine rings is 1. The summed E-state index contributed by atoms with van der Waals surface area (Å²) in [7, 11) is 1.68. The fraction of sp³-hybridized carbons (Fsp3) is 0.333. The third kappa shape index (κ3) is 5.01. The van der Waals surface area contributed by atoms with Gasteiger partial charge in [-0.15, -0.1) is 0 Å². The summed E-state index contributed by atoms with van der Waals surface area (Å²) < 4.78 is 34.6. The number of aryl methyl sites for hydroxylation is 1. The number of hydrogen-bond donors (Lipinski definition) is 1. The highest BCUT2D eigenvalue weighted by Gasteiger charge is 2.42. The van der Waals surface area contributed by atoms with E-state index in [-0.39, 0.29) is 74.1 Å². The average Bonchev–Trinajstić information content (AvgIpc) is 3.13. The van der Waals surface area contributed by atoms with Crippen molar-refractivity contribution in [1.29, 1.82) is 0 Å². The van der Waals surface area contributed by atoms with Crippen LogP contribution in [0, 0.1) is 18.6 Å². The van der Waals surface area contributed by atoms with Crippen LogP contribution in [0.25, 0.3) is 27.7 Å². The van der Waals surface area contributed by atoms with Crippen LogP contribution in [0.5, 0.6) is 0 Å². The summed E-state index contributed by atoms with van der Waals surface area (Å²) in [5.74, 6) is -2.11. The number of fused-ring (bicyclic) bond motifs is 2. The Kier molecular flexibility index (Phi) is 8.39. The van der Waals surface area contributed by atoms with Crippen molar-refractivity contribution in [3.05, 3.63) is 79.4 Å². The van der Waals surface area contributed by atoms with Gasteiger partial charge in [0.1, 0.15) is 5.82 Å². The highest BCUT2D eigenvalue weighted by Crippen LogP contribution is 2.51. The Morgan fingerprint density at radius 1 is 1.11 bits per heavy atom. The summed E-state index contributed by atoms with van der Waals surface area (Å²) in [5.41, 5.74) is 6.27. The van der Waals surface area contributed by atoms with Gasteiger partial charge < -0.3 is 20.4 Å². The van der Waals surface area contributed by atoms with Gasteiger partial charge in [0.15, 0.2) is 11.6 Å². The van der Waals surface area contributed by atoms with Crippen LogP contribution < -0.4 is 21.2 Å². The Balaban J connectivity index is 1.83. The Bertz CT molecular complexity index is 2040. The molecular formula is C33H32Cl3F2N7O2. The van der Waals surface area contributed by atoms with Crippen molar-refractivity contribution in [2.45, 2.75) is 45.7 Å².